The number of nitrogen functional groups attached to an aromatic ring is 1. The first-order valence-electron chi connectivity index (χ1n) is 5.90. The van der Waals surface area contributed by atoms with Gasteiger partial charge in [0.2, 0.25) is 11.9 Å². The zero-order valence-electron chi connectivity index (χ0n) is 10.6. The van der Waals surface area contributed by atoms with E-state index in [2.05, 4.69) is 32.3 Å². The zero-order chi connectivity index (χ0) is 13.0. The van der Waals surface area contributed by atoms with Gasteiger partial charge in [0.15, 0.2) is 0 Å². The van der Waals surface area contributed by atoms with Crippen molar-refractivity contribution in [2.75, 3.05) is 11.1 Å². The fourth-order valence-corrected chi connectivity index (χ4v) is 1.60. The van der Waals surface area contributed by atoms with Crippen molar-refractivity contribution >= 4 is 11.9 Å². The maximum absolute atomic E-state index is 5.65. The first kappa shape index (κ1) is 12.3. The van der Waals surface area contributed by atoms with Gasteiger partial charge in [-0.2, -0.15) is 20.1 Å². The highest BCUT2D eigenvalue weighted by molar-refractivity contribution is 5.31. The van der Waals surface area contributed by atoms with Crippen molar-refractivity contribution in [1.82, 2.24) is 24.7 Å². The maximum atomic E-state index is 5.65. The lowest BCUT2D eigenvalue weighted by Gasteiger charge is -2.07. The number of aromatic nitrogens is 5. The Morgan fingerprint density at radius 1 is 1.33 bits per heavy atom. The van der Waals surface area contributed by atoms with Crippen LogP contribution in [-0.2, 0) is 20.0 Å². The summed E-state index contributed by atoms with van der Waals surface area (Å²) in [5.74, 6) is 1.48. The smallest absolute Gasteiger partial charge is 0.228 e. The van der Waals surface area contributed by atoms with Crippen molar-refractivity contribution in [2.45, 2.75) is 26.3 Å². The third-order valence-corrected chi connectivity index (χ3v) is 2.52. The van der Waals surface area contributed by atoms with E-state index in [0.717, 1.165) is 24.4 Å². The average molecular weight is 247 g/mol. The number of hydrogen-bond donors (Lipinski definition) is 2. The number of nitrogens with zero attached hydrogens (tertiary/aromatic N) is 5. The topological polar surface area (TPSA) is 94.5 Å². The summed E-state index contributed by atoms with van der Waals surface area (Å²) < 4.78 is 1.80. The SMILES string of the molecule is CCCc1nc(N)nc(NCc2ccnn2C)n1. The van der Waals surface area contributed by atoms with Gasteiger partial charge in [0.1, 0.15) is 5.82 Å². The third-order valence-electron chi connectivity index (χ3n) is 2.52. The van der Waals surface area contributed by atoms with Crippen LogP contribution in [-0.4, -0.2) is 24.7 Å². The van der Waals surface area contributed by atoms with Crippen LogP contribution < -0.4 is 11.1 Å². The van der Waals surface area contributed by atoms with Gasteiger partial charge in [-0.25, -0.2) is 0 Å². The molecule has 2 aromatic rings. The van der Waals surface area contributed by atoms with E-state index in [1.54, 1.807) is 10.9 Å². The highest BCUT2D eigenvalue weighted by Gasteiger charge is 2.04. The van der Waals surface area contributed by atoms with Crippen LogP contribution in [0.15, 0.2) is 12.3 Å². The van der Waals surface area contributed by atoms with Gasteiger partial charge in [0, 0.05) is 19.7 Å². The first-order valence-corrected chi connectivity index (χ1v) is 5.90. The minimum atomic E-state index is 0.251. The monoisotopic (exact) mass is 247 g/mol. The highest BCUT2D eigenvalue weighted by atomic mass is 15.3. The summed E-state index contributed by atoms with van der Waals surface area (Å²) in [7, 11) is 1.89. The molecule has 0 unspecified atom stereocenters. The van der Waals surface area contributed by atoms with Gasteiger partial charge in [-0.15, -0.1) is 0 Å². The molecule has 0 aliphatic heterocycles. The van der Waals surface area contributed by atoms with Gasteiger partial charge in [-0.1, -0.05) is 6.92 Å². The molecule has 2 aromatic heterocycles. The van der Waals surface area contributed by atoms with Crippen molar-refractivity contribution < 1.29 is 0 Å². The van der Waals surface area contributed by atoms with Gasteiger partial charge in [-0.3, -0.25) is 4.68 Å². The van der Waals surface area contributed by atoms with Crippen molar-refractivity contribution in [1.29, 1.82) is 0 Å². The van der Waals surface area contributed by atoms with Gasteiger partial charge in [0.25, 0.3) is 0 Å². The molecule has 0 saturated carbocycles. The average Bonchev–Trinajstić information content (AvgIpc) is 2.72. The number of nitrogens with two attached hydrogens (primary N) is 1. The molecule has 0 aliphatic rings. The van der Waals surface area contributed by atoms with Crippen LogP contribution in [0.5, 0.6) is 0 Å². The van der Waals surface area contributed by atoms with E-state index in [0.29, 0.717) is 12.5 Å². The van der Waals surface area contributed by atoms with Crippen molar-refractivity contribution in [2.24, 2.45) is 7.05 Å². The molecule has 0 aromatic carbocycles. The summed E-state index contributed by atoms with van der Waals surface area (Å²) in [5.41, 5.74) is 6.70. The molecular weight excluding hydrogens is 230 g/mol. The molecule has 96 valence electrons. The first-order chi connectivity index (χ1) is 8.69. The summed E-state index contributed by atoms with van der Waals surface area (Å²) in [6.45, 7) is 2.67. The van der Waals surface area contributed by atoms with Gasteiger partial charge in [-0.05, 0) is 12.5 Å². The van der Waals surface area contributed by atoms with Gasteiger partial charge >= 0.3 is 0 Å². The lowest BCUT2D eigenvalue weighted by molar-refractivity contribution is 0.718. The van der Waals surface area contributed by atoms with E-state index in [9.17, 15) is 0 Å². The van der Waals surface area contributed by atoms with Crippen molar-refractivity contribution in [3.05, 3.63) is 23.8 Å². The molecule has 0 amide bonds. The van der Waals surface area contributed by atoms with E-state index >= 15 is 0 Å². The van der Waals surface area contributed by atoms with Crippen molar-refractivity contribution in [3.8, 4) is 0 Å². The minimum absolute atomic E-state index is 0.251. The van der Waals surface area contributed by atoms with Crippen LogP contribution in [0.1, 0.15) is 24.9 Å². The van der Waals surface area contributed by atoms with Crippen LogP contribution in [0.3, 0.4) is 0 Å². The standard InChI is InChI=1S/C11H17N7/c1-3-4-9-15-10(12)17-11(16-9)13-7-8-5-6-14-18(8)2/h5-6H,3-4,7H2,1-2H3,(H3,12,13,15,16,17). The molecular formula is C11H17N7. The molecule has 0 bridgehead atoms. The number of rotatable bonds is 5. The van der Waals surface area contributed by atoms with E-state index in [1.165, 1.54) is 0 Å². The second-order valence-corrected chi connectivity index (χ2v) is 3.98. The quantitative estimate of drug-likeness (QED) is 0.809. The number of anilines is 2. The summed E-state index contributed by atoms with van der Waals surface area (Å²) in [4.78, 5) is 12.5. The second-order valence-electron chi connectivity index (χ2n) is 3.98. The minimum Gasteiger partial charge on any atom is -0.368 e. The summed E-state index contributed by atoms with van der Waals surface area (Å²) in [6, 6.07) is 1.94. The Morgan fingerprint density at radius 2 is 2.17 bits per heavy atom. The normalized spacial score (nSPS) is 10.6. The van der Waals surface area contributed by atoms with Crippen LogP contribution in [0.2, 0.25) is 0 Å². The molecule has 2 heterocycles. The van der Waals surface area contributed by atoms with E-state index in [4.69, 9.17) is 5.73 Å². The molecule has 18 heavy (non-hydrogen) atoms. The molecule has 0 fully saturated rings. The van der Waals surface area contributed by atoms with Gasteiger partial charge < -0.3 is 11.1 Å². The molecule has 0 atom stereocenters. The zero-order valence-corrected chi connectivity index (χ0v) is 10.6. The fourth-order valence-electron chi connectivity index (χ4n) is 1.60. The Labute approximate surface area is 105 Å². The lowest BCUT2D eigenvalue weighted by atomic mass is 10.3. The molecule has 0 aliphatic carbocycles. The Hall–Kier alpha value is -2.18. The third kappa shape index (κ3) is 2.93. The predicted molar refractivity (Wildman–Crippen MR) is 68.8 cm³/mol. The molecule has 2 rings (SSSR count). The molecule has 0 radical (unpaired) electrons. The van der Waals surface area contributed by atoms with Crippen LogP contribution >= 0.6 is 0 Å². The summed E-state index contributed by atoms with van der Waals surface area (Å²) in [5, 5.41) is 7.22. The number of hydrogen-bond acceptors (Lipinski definition) is 6. The predicted octanol–water partition coefficient (Wildman–Crippen LogP) is 0.752. The second kappa shape index (κ2) is 5.44. The highest BCUT2D eigenvalue weighted by Crippen LogP contribution is 2.06. The van der Waals surface area contributed by atoms with Crippen LogP contribution in [0, 0.1) is 0 Å². The number of aryl methyl sites for hydroxylation is 2. The molecule has 7 heteroatoms. The van der Waals surface area contributed by atoms with Crippen LogP contribution in [0.25, 0.3) is 0 Å². The lowest BCUT2D eigenvalue weighted by Crippen LogP contribution is -2.11. The van der Waals surface area contributed by atoms with E-state index < -0.39 is 0 Å². The Bertz CT molecular complexity index is 520. The summed E-state index contributed by atoms with van der Waals surface area (Å²) in [6.07, 6.45) is 3.53. The number of nitrogens with one attached hydrogen (secondary N) is 1. The Morgan fingerprint density at radius 3 is 2.83 bits per heavy atom. The molecule has 0 spiro atoms. The van der Waals surface area contributed by atoms with Crippen molar-refractivity contribution in [3.63, 3.8) is 0 Å². The molecule has 0 saturated heterocycles. The van der Waals surface area contributed by atoms with Gasteiger partial charge in [0.05, 0.1) is 12.2 Å². The molecule has 7 nitrogen and oxygen atoms in total. The maximum Gasteiger partial charge on any atom is 0.228 e. The van der Waals surface area contributed by atoms with E-state index in [-0.39, 0.29) is 5.95 Å². The Balaban J connectivity index is 2.07. The van der Waals surface area contributed by atoms with Crippen LogP contribution in [0.4, 0.5) is 11.9 Å². The summed E-state index contributed by atoms with van der Waals surface area (Å²) >= 11 is 0. The van der Waals surface area contributed by atoms with E-state index in [1.807, 2.05) is 13.1 Å². The molecule has 3 N–H and O–H groups in total. The fraction of sp³-hybridized carbons (Fsp3) is 0.455. The Kier molecular flexibility index (Phi) is 3.71. The largest absolute Gasteiger partial charge is 0.368 e.